The van der Waals surface area contributed by atoms with Crippen molar-refractivity contribution in [2.24, 2.45) is 0 Å². The van der Waals surface area contributed by atoms with Gasteiger partial charge in [-0.2, -0.15) is 0 Å². The zero-order valence-electron chi connectivity index (χ0n) is 3.69. The number of carbonyl (C=O) groups is 1. The standard InChI is InChI=1S/C4H5ClO2/c5-2-3-1-4(6)7-3/h3H,1-2H2/t3-/m1/s1. The average Bonchev–Trinajstić information content (AvgIpc) is 1.58. The van der Waals surface area contributed by atoms with E-state index in [1.54, 1.807) is 0 Å². The van der Waals surface area contributed by atoms with Crippen LogP contribution in [0.3, 0.4) is 0 Å². The van der Waals surface area contributed by atoms with Crippen LogP contribution in [0.15, 0.2) is 0 Å². The largest absolute Gasteiger partial charge is 0.460 e. The molecule has 2 nitrogen and oxygen atoms in total. The summed E-state index contributed by atoms with van der Waals surface area (Å²) in [6.07, 6.45) is 0.512. The molecule has 0 saturated carbocycles. The minimum absolute atomic E-state index is 0.00849. The molecule has 1 aliphatic rings. The van der Waals surface area contributed by atoms with E-state index in [1.807, 2.05) is 0 Å². The van der Waals surface area contributed by atoms with Crippen LogP contribution in [-0.2, 0) is 9.53 Å². The highest BCUT2D eigenvalue weighted by Gasteiger charge is 2.26. The van der Waals surface area contributed by atoms with Crippen molar-refractivity contribution in [2.75, 3.05) is 5.88 Å². The van der Waals surface area contributed by atoms with Gasteiger partial charge in [-0.05, 0) is 0 Å². The van der Waals surface area contributed by atoms with Crippen LogP contribution in [0.4, 0.5) is 0 Å². The fourth-order valence-electron chi connectivity index (χ4n) is 0.448. The predicted octanol–water partition coefficient (Wildman–Crippen LogP) is 0.541. The lowest BCUT2D eigenvalue weighted by Gasteiger charge is -2.22. The van der Waals surface area contributed by atoms with E-state index in [9.17, 15) is 4.79 Å². The van der Waals surface area contributed by atoms with Gasteiger partial charge in [0, 0.05) is 0 Å². The van der Waals surface area contributed by atoms with Crippen molar-refractivity contribution in [1.82, 2.24) is 0 Å². The van der Waals surface area contributed by atoms with E-state index in [2.05, 4.69) is 4.74 Å². The first kappa shape index (κ1) is 4.91. The molecule has 0 amide bonds. The van der Waals surface area contributed by atoms with E-state index >= 15 is 0 Å². The van der Waals surface area contributed by atoms with Gasteiger partial charge in [0.05, 0.1) is 12.3 Å². The molecule has 0 radical (unpaired) electrons. The summed E-state index contributed by atoms with van der Waals surface area (Å²) < 4.78 is 4.52. The Morgan fingerprint density at radius 2 is 2.57 bits per heavy atom. The number of ether oxygens (including phenoxy) is 1. The van der Waals surface area contributed by atoms with Crippen molar-refractivity contribution in [2.45, 2.75) is 12.5 Å². The summed E-state index contributed by atoms with van der Waals surface area (Å²) in [5, 5.41) is 0. The fraction of sp³-hybridized carbons (Fsp3) is 0.750. The van der Waals surface area contributed by atoms with Gasteiger partial charge in [-0.1, -0.05) is 0 Å². The third-order valence-electron chi connectivity index (χ3n) is 0.865. The smallest absolute Gasteiger partial charge is 0.309 e. The molecule has 0 aromatic rings. The van der Waals surface area contributed by atoms with Crippen LogP contribution in [0.5, 0.6) is 0 Å². The van der Waals surface area contributed by atoms with Crippen LogP contribution in [0, 0.1) is 0 Å². The number of hydrogen-bond acceptors (Lipinski definition) is 2. The molecule has 1 atom stereocenters. The number of rotatable bonds is 1. The number of esters is 1. The van der Waals surface area contributed by atoms with E-state index in [1.165, 1.54) is 0 Å². The van der Waals surface area contributed by atoms with Gasteiger partial charge >= 0.3 is 5.97 Å². The maximum absolute atomic E-state index is 9.99. The molecule has 3 heteroatoms. The molecular formula is C4H5ClO2. The predicted molar refractivity (Wildman–Crippen MR) is 25.2 cm³/mol. The summed E-state index contributed by atoms with van der Waals surface area (Å²) in [5.74, 6) is 0.303. The first-order valence-corrected chi connectivity index (χ1v) is 2.62. The molecule has 0 spiro atoms. The molecule has 0 aromatic carbocycles. The molecule has 7 heavy (non-hydrogen) atoms. The Bertz CT molecular complexity index is 83.7. The molecular weight excluding hydrogens is 115 g/mol. The molecule has 0 aliphatic carbocycles. The zero-order valence-corrected chi connectivity index (χ0v) is 4.44. The van der Waals surface area contributed by atoms with Crippen LogP contribution in [-0.4, -0.2) is 18.0 Å². The minimum Gasteiger partial charge on any atom is -0.460 e. The molecule has 0 unspecified atom stereocenters. The molecule has 1 aliphatic heterocycles. The lowest BCUT2D eigenvalue weighted by Crippen LogP contribution is -2.33. The topological polar surface area (TPSA) is 26.3 Å². The molecule has 0 N–H and O–H groups in total. The van der Waals surface area contributed by atoms with Crippen LogP contribution >= 0.6 is 11.6 Å². The van der Waals surface area contributed by atoms with Crippen molar-refractivity contribution in [3.8, 4) is 0 Å². The summed E-state index contributed by atoms with van der Waals surface area (Å²) in [4.78, 5) is 9.99. The Labute approximate surface area is 46.4 Å². The molecule has 40 valence electrons. The van der Waals surface area contributed by atoms with Crippen LogP contribution in [0.1, 0.15) is 6.42 Å². The highest BCUT2D eigenvalue weighted by molar-refractivity contribution is 6.18. The number of alkyl halides is 1. The third-order valence-corrected chi connectivity index (χ3v) is 1.21. The Morgan fingerprint density at radius 3 is 2.71 bits per heavy atom. The van der Waals surface area contributed by atoms with E-state index < -0.39 is 0 Å². The molecule has 0 aromatic heterocycles. The summed E-state index contributed by atoms with van der Waals surface area (Å²) in [5.41, 5.74) is 0. The monoisotopic (exact) mass is 120 g/mol. The Balaban J connectivity index is 2.17. The normalized spacial score (nSPS) is 28.7. The van der Waals surface area contributed by atoms with Crippen molar-refractivity contribution in [3.63, 3.8) is 0 Å². The lowest BCUT2D eigenvalue weighted by molar-refractivity contribution is -0.166. The maximum atomic E-state index is 9.99. The number of carbonyl (C=O) groups excluding carboxylic acids is 1. The zero-order chi connectivity index (χ0) is 5.28. The SMILES string of the molecule is O=C1C[C@H](CCl)O1. The number of hydrogen-bond donors (Lipinski definition) is 0. The number of cyclic esters (lactones) is 1. The van der Waals surface area contributed by atoms with Crippen molar-refractivity contribution >= 4 is 17.6 Å². The highest BCUT2D eigenvalue weighted by Crippen LogP contribution is 2.13. The Kier molecular flexibility index (Phi) is 1.19. The summed E-state index contributed by atoms with van der Waals surface area (Å²) >= 11 is 5.29. The Morgan fingerprint density at radius 1 is 2.00 bits per heavy atom. The summed E-state index contributed by atoms with van der Waals surface area (Å²) in [6.45, 7) is 0. The molecule has 1 heterocycles. The van der Waals surface area contributed by atoms with Crippen molar-refractivity contribution < 1.29 is 9.53 Å². The van der Waals surface area contributed by atoms with Gasteiger partial charge in [0.15, 0.2) is 0 Å². The van der Waals surface area contributed by atoms with E-state index in [-0.39, 0.29) is 12.1 Å². The van der Waals surface area contributed by atoms with Gasteiger partial charge in [-0.15, -0.1) is 11.6 Å². The molecule has 1 rings (SSSR count). The van der Waals surface area contributed by atoms with Gasteiger partial charge in [0.25, 0.3) is 0 Å². The van der Waals surface area contributed by atoms with Gasteiger partial charge in [-0.3, -0.25) is 4.79 Å². The number of halogens is 1. The second kappa shape index (κ2) is 1.70. The second-order valence-corrected chi connectivity index (χ2v) is 1.78. The van der Waals surface area contributed by atoms with Gasteiger partial charge < -0.3 is 4.74 Å². The van der Waals surface area contributed by atoms with Crippen LogP contribution in [0.2, 0.25) is 0 Å². The minimum atomic E-state index is -0.134. The van der Waals surface area contributed by atoms with Crippen molar-refractivity contribution in [1.29, 1.82) is 0 Å². The molecule has 1 fully saturated rings. The summed E-state index contributed by atoms with van der Waals surface area (Å²) in [7, 11) is 0. The quantitative estimate of drug-likeness (QED) is 0.373. The lowest BCUT2D eigenvalue weighted by atomic mass is 10.2. The highest BCUT2D eigenvalue weighted by atomic mass is 35.5. The van der Waals surface area contributed by atoms with E-state index in [0.29, 0.717) is 12.3 Å². The molecule has 0 bridgehead atoms. The fourth-order valence-corrected chi connectivity index (χ4v) is 0.620. The van der Waals surface area contributed by atoms with Gasteiger partial charge in [0.1, 0.15) is 6.10 Å². The van der Waals surface area contributed by atoms with Crippen LogP contribution < -0.4 is 0 Å². The van der Waals surface area contributed by atoms with Gasteiger partial charge in [0.2, 0.25) is 0 Å². The Hall–Kier alpha value is -0.240. The second-order valence-electron chi connectivity index (χ2n) is 1.47. The summed E-state index contributed by atoms with van der Waals surface area (Å²) in [6, 6.07) is 0. The van der Waals surface area contributed by atoms with E-state index in [0.717, 1.165) is 0 Å². The average molecular weight is 121 g/mol. The van der Waals surface area contributed by atoms with E-state index in [4.69, 9.17) is 11.6 Å². The third kappa shape index (κ3) is 0.855. The van der Waals surface area contributed by atoms with Crippen LogP contribution in [0.25, 0.3) is 0 Å². The maximum Gasteiger partial charge on any atom is 0.309 e. The first-order chi connectivity index (χ1) is 3.33. The first-order valence-electron chi connectivity index (χ1n) is 2.08. The van der Waals surface area contributed by atoms with Crippen molar-refractivity contribution in [3.05, 3.63) is 0 Å². The van der Waals surface area contributed by atoms with Gasteiger partial charge in [-0.25, -0.2) is 0 Å². The molecule has 1 saturated heterocycles.